The SMILES string of the molecule is CN=CC(=CN)c1cc2c(cc1C(F)F)N(c1nn(C3CCN(C(=O)CCCNc4ccc(C(=O)NC5CCC(=O)NC5=O)c5ncccc45)CC3)c3c1CN(C(C)=O)CC3)CCC2. The molecule has 336 valence electrons. The zero-order valence-corrected chi connectivity index (χ0v) is 36.0. The number of imide groups is 1. The van der Waals surface area contributed by atoms with Gasteiger partial charge in [-0.25, -0.2) is 8.78 Å². The van der Waals surface area contributed by atoms with Gasteiger partial charge in [-0.15, -0.1) is 0 Å². The number of hydrogen-bond acceptors (Lipinski definition) is 11. The first-order chi connectivity index (χ1) is 30.9. The van der Waals surface area contributed by atoms with Crippen LogP contribution in [0.1, 0.15) is 103 Å². The van der Waals surface area contributed by atoms with Crippen LogP contribution < -0.4 is 26.6 Å². The summed E-state index contributed by atoms with van der Waals surface area (Å²) in [6.07, 6.45) is 6.40. The van der Waals surface area contributed by atoms with Crippen molar-refractivity contribution < 1.29 is 32.8 Å². The topological polar surface area (TPSA) is 200 Å². The minimum absolute atomic E-state index is 0.0157. The van der Waals surface area contributed by atoms with Crippen molar-refractivity contribution in [2.75, 3.05) is 50.0 Å². The molecule has 0 bridgehead atoms. The molecular weight excluding hydrogens is 825 g/mol. The lowest BCUT2D eigenvalue weighted by atomic mass is 9.92. The molecule has 2 aromatic carbocycles. The maximum Gasteiger partial charge on any atom is 0.264 e. The van der Waals surface area contributed by atoms with Crippen LogP contribution >= 0.6 is 0 Å². The van der Waals surface area contributed by atoms with Crippen LogP contribution in [0.3, 0.4) is 0 Å². The number of anilines is 3. The summed E-state index contributed by atoms with van der Waals surface area (Å²) in [5.41, 5.74) is 11.6. The zero-order valence-electron chi connectivity index (χ0n) is 36.0. The highest BCUT2D eigenvalue weighted by Gasteiger charge is 2.35. The molecule has 0 aliphatic carbocycles. The molecule has 5 amide bonds. The summed E-state index contributed by atoms with van der Waals surface area (Å²) in [6, 6.07) is 9.62. The highest BCUT2D eigenvalue weighted by Crippen LogP contribution is 2.43. The number of nitrogens with two attached hydrogens (primary N) is 1. The molecule has 2 fully saturated rings. The Bertz CT molecular complexity index is 2550. The van der Waals surface area contributed by atoms with Gasteiger partial charge in [0.25, 0.3) is 12.3 Å². The van der Waals surface area contributed by atoms with E-state index in [1.165, 1.54) is 12.4 Å². The normalized spacial score (nSPS) is 18.4. The first-order valence-corrected chi connectivity index (χ1v) is 21.9. The number of pyridine rings is 1. The fourth-order valence-electron chi connectivity index (χ4n) is 9.41. The number of aryl methyl sites for hydroxylation is 1. The number of likely N-dealkylation sites (tertiary alicyclic amines) is 1. The van der Waals surface area contributed by atoms with E-state index in [1.54, 1.807) is 55.4 Å². The van der Waals surface area contributed by atoms with Gasteiger partial charge in [-0.05, 0) is 86.1 Å². The standard InChI is InChI=1S/C46H53F2N11O5/c1-27(60)57-21-15-38-35(26-57)44(58-18-5-6-28-22-33(29(24-49)25-50-2)34(43(47)48)23-39(28)58)55-59(38)30-13-19-56(20-14-30)41(62)8-4-16-51-36-10-9-32(42-31(36)7-3-17-52-42)45(63)53-37-11-12-40(61)54-46(37)64/h3,7,9-10,17,22-25,30,37,43,51H,4-6,8,11-16,18-21,26,49H2,1-2H3,(H,53,63)(H,54,61,64). The second kappa shape index (κ2) is 18.9. The number of carbonyl (C=O) groups excluding carboxylic acids is 5. The highest BCUT2D eigenvalue weighted by molar-refractivity contribution is 6.11. The Balaban J connectivity index is 0.922. The lowest BCUT2D eigenvalue weighted by Gasteiger charge is -2.34. The monoisotopic (exact) mass is 877 g/mol. The van der Waals surface area contributed by atoms with Gasteiger partial charge in [-0.2, -0.15) is 5.10 Å². The maximum atomic E-state index is 14.7. The number of nitrogens with one attached hydrogen (secondary N) is 3. The van der Waals surface area contributed by atoms with E-state index in [0.717, 1.165) is 34.3 Å². The van der Waals surface area contributed by atoms with Gasteiger partial charge in [0.2, 0.25) is 23.6 Å². The fraction of sp³-hybridized carbons (Fsp3) is 0.435. The average molecular weight is 878 g/mol. The number of amides is 5. The molecule has 5 N–H and O–H groups in total. The van der Waals surface area contributed by atoms with Crippen molar-refractivity contribution in [2.45, 2.75) is 89.8 Å². The van der Waals surface area contributed by atoms with E-state index >= 15 is 0 Å². The van der Waals surface area contributed by atoms with Gasteiger partial charge in [0.15, 0.2) is 5.82 Å². The number of rotatable bonds is 12. The van der Waals surface area contributed by atoms with Gasteiger partial charge in [0.05, 0.1) is 23.7 Å². The van der Waals surface area contributed by atoms with Gasteiger partial charge < -0.3 is 31.1 Å². The number of aliphatic imine (C=N–C) groups is 1. The van der Waals surface area contributed by atoms with Gasteiger partial charge in [-0.1, -0.05) is 0 Å². The maximum absolute atomic E-state index is 14.7. The van der Waals surface area contributed by atoms with Gasteiger partial charge in [0, 0.05) is 124 Å². The predicted octanol–water partition coefficient (Wildman–Crippen LogP) is 4.95. The number of carbonyl (C=O) groups is 5. The largest absolute Gasteiger partial charge is 0.404 e. The Labute approximate surface area is 369 Å². The summed E-state index contributed by atoms with van der Waals surface area (Å²) in [7, 11) is 1.57. The summed E-state index contributed by atoms with van der Waals surface area (Å²) in [5.74, 6) is -0.649. The molecule has 2 aromatic heterocycles. The van der Waals surface area contributed by atoms with Crippen LogP contribution in [0.2, 0.25) is 0 Å². The van der Waals surface area contributed by atoms with Crippen molar-refractivity contribution >= 4 is 69.4 Å². The molecule has 1 unspecified atom stereocenters. The third-order valence-electron chi connectivity index (χ3n) is 12.7. The molecule has 2 saturated heterocycles. The van der Waals surface area contributed by atoms with Crippen molar-refractivity contribution in [2.24, 2.45) is 10.7 Å². The van der Waals surface area contributed by atoms with Crippen molar-refractivity contribution in [1.82, 2.24) is 35.2 Å². The molecule has 64 heavy (non-hydrogen) atoms. The van der Waals surface area contributed by atoms with E-state index in [1.807, 2.05) is 15.9 Å². The molecule has 0 radical (unpaired) electrons. The Hall–Kier alpha value is -6.72. The number of alkyl halides is 2. The van der Waals surface area contributed by atoms with Crippen LogP contribution in [0.25, 0.3) is 16.5 Å². The molecule has 16 nitrogen and oxygen atoms in total. The number of aromatic nitrogens is 3. The molecule has 4 aliphatic rings. The molecule has 0 saturated carbocycles. The predicted molar refractivity (Wildman–Crippen MR) is 238 cm³/mol. The smallest absolute Gasteiger partial charge is 0.264 e. The van der Waals surface area contributed by atoms with E-state index in [9.17, 15) is 32.8 Å². The van der Waals surface area contributed by atoms with Crippen molar-refractivity contribution in [3.8, 4) is 0 Å². The molecule has 0 spiro atoms. The molecule has 6 heterocycles. The molecule has 18 heteroatoms. The first kappa shape index (κ1) is 43.9. The number of nitrogens with zero attached hydrogens (tertiary/aromatic N) is 7. The lowest BCUT2D eigenvalue weighted by molar-refractivity contribution is -0.135. The van der Waals surface area contributed by atoms with Crippen molar-refractivity contribution in [3.63, 3.8) is 0 Å². The molecule has 4 aromatic rings. The molecule has 4 aliphatic heterocycles. The minimum atomic E-state index is -2.75. The first-order valence-electron chi connectivity index (χ1n) is 21.9. The number of piperidine rings is 2. The van der Waals surface area contributed by atoms with Crippen molar-refractivity contribution in [3.05, 3.63) is 82.3 Å². The van der Waals surface area contributed by atoms with E-state index < -0.39 is 24.3 Å². The second-order valence-electron chi connectivity index (χ2n) is 16.7. The third kappa shape index (κ3) is 8.90. The summed E-state index contributed by atoms with van der Waals surface area (Å²) < 4.78 is 31.4. The fourth-order valence-corrected chi connectivity index (χ4v) is 9.41. The lowest BCUT2D eigenvalue weighted by Crippen LogP contribution is -2.52. The number of fused-ring (bicyclic) bond motifs is 3. The molecular formula is C46H53F2N11O5. The third-order valence-corrected chi connectivity index (χ3v) is 12.7. The summed E-state index contributed by atoms with van der Waals surface area (Å²) >= 11 is 0. The van der Waals surface area contributed by atoms with Gasteiger partial charge in [-0.3, -0.25) is 43.9 Å². The number of hydrogen-bond donors (Lipinski definition) is 4. The van der Waals surface area contributed by atoms with Gasteiger partial charge in [0.1, 0.15) is 6.04 Å². The Morgan fingerprint density at radius 1 is 1.02 bits per heavy atom. The Morgan fingerprint density at radius 2 is 1.83 bits per heavy atom. The van der Waals surface area contributed by atoms with E-state index in [2.05, 4.69) is 30.6 Å². The van der Waals surface area contributed by atoms with Crippen molar-refractivity contribution in [1.29, 1.82) is 0 Å². The van der Waals surface area contributed by atoms with Crippen LogP contribution in [0.5, 0.6) is 0 Å². The summed E-state index contributed by atoms with van der Waals surface area (Å²) in [4.78, 5) is 77.3. The molecule has 8 rings (SSSR count). The van der Waals surface area contributed by atoms with Crippen LogP contribution in [0.4, 0.5) is 26.0 Å². The summed E-state index contributed by atoms with van der Waals surface area (Å²) in [6.45, 7) is 4.69. The van der Waals surface area contributed by atoms with E-state index in [0.29, 0.717) is 112 Å². The van der Waals surface area contributed by atoms with Crippen LogP contribution in [-0.4, -0.2) is 106 Å². The average Bonchev–Trinajstić information content (AvgIpc) is 3.68. The quantitative estimate of drug-likeness (QED) is 0.0858. The highest BCUT2D eigenvalue weighted by atomic mass is 19.3. The van der Waals surface area contributed by atoms with E-state index in [4.69, 9.17) is 10.8 Å². The van der Waals surface area contributed by atoms with Gasteiger partial charge >= 0.3 is 0 Å². The number of halogens is 2. The second-order valence-corrected chi connectivity index (χ2v) is 16.7. The van der Waals surface area contributed by atoms with Crippen LogP contribution in [0.15, 0.2) is 53.8 Å². The summed E-state index contributed by atoms with van der Waals surface area (Å²) in [5, 5.41) is 14.3. The minimum Gasteiger partial charge on any atom is -0.404 e. The molecule has 1 atom stereocenters. The Morgan fingerprint density at radius 3 is 2.56 bits per heavy atom. The Kier molecular flexibility index (Phi) is 13.0. The van der Waals surface area contributed by atoms with Crippen LogP contribution in [0, 0.1) is 0 Å². The number of benzene rings is 2. The zero-order chi connectivity index (χ0) is 45.1. The van der Waals surface area contributed by atoms with Crippen LogP contribution in [-0.2, 0) is 38.6 Å². The number of allylic oxidation sites excluding steroid dienone is 1. The van der Waals surface area contributed by atoms with E-state index in [-0.39, 0.29) is 42.2 Å².